The number of hydrogen-bond donors (Lipinski definition) is 1. The summed E-state index contributed by atoms with van der Waals surface area (Å²) >= 11 is 0. The van der Waals surface area contributed by atoms with Crippen LogP contribution in [0.2, 0.25) is 0 Å². The molecule has 4 nitrogen and oxygen atoms in total. The average molecular weight is 208 g/mol. The van der Waals surface area contributed by atoms with E-state index in [0.717, 1.165) is 6.42 Å². The van der Waals surface area contributed by atoms with Crippen LogP contribution in [0, 0.1) is 12.3 Å². The highest BCUT2D eigenvalue weighted by molar-refractivity contribution is 5.95. The van der Waals surface area contributed by atoms with Gasteiger partial charge in [0, 0.05) is 0 Å². The number of rotatable bonds is 3. The van der Waals surface area contributed by atoms with E-state index < -0.39 is 6.04 Å². The first-order valence-electron chi connectivity index (χ1n) is 5.16. The number of piperazine rings is 1. The summed E-state index contributed by atoms with van der Waals surface area (Å²) in [5.74, 6) is 2.28. The third-order valence-electron chi connectivity index (χ3n) is 2.52. The molecule has 0 aromatic heterocycles. The van der Waals surface area contributed by atoms with Gasteiger partial charge in [-0.3, -0.25) is 9.59 Å². The first-order valence-corrected chi connectivity index (χ1v) is 5.16. The Kier molecular flexibility index (Phi) is 3.73. The Morgan fingerprint density at radius 2 is 2.33 bits per heavy atom. The molecule has 0 aromatic carbocycles. The fourth-order valence-corrected chi connectivity index (χ4v) is 1.64. The van der Waals surface area contributed by atoms with Crippen molar-refractivity contribution in [2.24, 2.45) is 0 Å². The Bertz CT molecular complexity index is 306. The molecule has 1 heterocycles. The molecule has 0 radical (unpaired) electrons. The van der Waals surface area contributed by atoms with Crippen LogP contribution in [0.4, 0.5) is 0 Å². The van der Waals surface area contributed by atoms with E-state index in [1.165, 1.54) is 4.90 Å². The molecule has 1 aliphatic rings. The largest absolute Gasteiger partial charge is 0.343 e. The molecular weight excluding hydrogens is 192 g/mol. The maximum Gasteiger partial charge on any atom is 0.246 e. The van der Waals surface area contributed by atoms with Gasteiger partial charge in [-0.25, -0.2) is 0 Å². The molecule has 1 rings (SSSR count). The second-order valence-electron chi connectivity index (χ2n) is 3.72. The van der Waals surface area contributed by atoms with Gasteiger partial charge < -0.3 is 10.2 Å². The molecular formula is C11H16N2O2. The molecule has 1 saturated heterocycles. The zero-order valence-electron chi connectivity index (χ0n) is 9.12. The highest BCUT2D eigenvalue weighted by Gasteiger charge is 2.33. The smallest absolute Gasteiger partial charge is 0.246 e. The zero-order chi connectivity index (χ0) is 11.4. The van der Waals surface area contributed by atoms with Crippen LogP contribution in [-0.4, -0.2) is 35.3 Å². The van der Waals surface area contributed by atoms with E-state index in [4.69, 9.17) is 6.42 Å². The number of hydrogen-bond acceptors (Lipinski definition) is 2. The number of amides is 2. The number of nitrogens with one attached hydrogen (secondary N) is 1. The van der Waals surface area contributed by atoms with E-state index >= 15 is 0 Å². The molecule has 2 amide bonds. The van der Waals surface area contributed by atoms with Gasteiger partial charge in [0.15, 0.2) is 0 Å². The van der Waals surface area contributed by atoms with Gasteiger partial charge in [0.1, 0.15) is 12.6 Å². The van der Waals surface area contributed by atoms with Crippen molar-refractivity contribution in [3.8, 4) is 12.3 Å². The Hall–Kier alpha value is -1.50. The molecule has 82 valence electrons. The van der Waals surface area contributed by atoms with Crippen molar-refractivity contribution in [3.05, 3.63) is 0 Å². The molecule has 15 heavy (non-hydrogen) atoms. The molecule has 1 aliphatic heterocycles. The van der Waals surface area contributed by atoms with Crippen LogP contribution in [0.25, 0.3) is 0 Å². The predicted molar refractivity (Wildman–Crippen MR) is 56.8 cm³/mol. The van der Waals surface area contributed by atoms with Crippen LogP contribution in [0.5, 0.6) is 0 Å². The van der Waals surface area contributed by atoms with Crippen molar-refractivity contribution in [2.45, 2.75) is 38.8 Å². The minimum atomic E-state index is -0.396. The third-order valence-corrected chi connectivity index (χ3v) is 2.52. The SMILES string of the molecule is C#CC(C)N1CC(=O)NC(CCC)C1=O. The Morgan fingerprint density at radius 1 is 1.67 bits per heavy atom. The van der Waals surface area contributed by atoms with Crippen molar-refractivity contribution in [3.63, 3.8) is 0 Å². The predicted octanol–water partition coefficient (Wildman–Crippen LogP) is 0.135. The number of terminal acetylenes is 1. The van der Waals surface area contributed by atoms with E-state index in [-0.39, 0.29) is 24.4 Å². The lowest BCUT2D eigenvalue weighted by atomic mass is 10.1. The van der Waals surface area contributed by atoms with E-state index in [1.807, 2.05) is 6.92 Å². The van der Waals surface area contributed by atoms with E-state index in [0.29, 0.717) is 6.42 Å². The first-order chi connectivity index (χ1) is 7.10. The van der Waals surface area contributed by atoms with Gasteiger partial charge >= 0.3 is 0 Å². The highest BCUT2D eigenvalue weighted by Crippen LogP contribution is 2.10. The maximum absolute atomic E-state index is 11.9. The first kappa shape index (κ1) is 11.6. The second kappa shape index (κ2) is 4.83. The van der Waals surface area contributed by atoms with Gasteiger partial charge in [-0.1, -0.05) is 19.3 Å². The maximum atomic E-state index is 11.9. The average Bonchev–Trinajstić information content (AvgIpc) is 2.22. The molecule has 4 heteroatoms. The van der Waals surface area contributed by atoms with Crippen LogP contribution in [0.15, 0.2) is 0 Å². The van der Waals surface area contributed by atoms with Crippen LogP contribution in [0.1, 0.15) is 26.7 Å². The molecule has 0 saturated carbocycles. The topological polar surface area (TPSA) is 49.4 Å². The molecule has 0 aromatic rings. The van der Waals surface area contributed by atoms with Crippen LogP contribution in [-0.2, 0) is 9.59 Å². The summed E-state index contributed by atoms with van der Waals surface area (Å²) in [7, 11) is 0. The van der Waals surface area contributed by atoms with Gasteiger partial charge in [-0.05, 0) is 13.3 Å². The lowest BCUT2D eigenvalue weighted by Crippen LogP contribution is -2.59. The number of carbonyl (C=O) groups excluding carboxylic acids is 2. The monoisotopic (exact) mass is 208 g/mol. The van der Waals surface area contributed by atoms with E-state index in [9.17, 15) is 9.59 Å². The van der Waals surface area contributed by atoms with Gasteiger partial charge in [0.2, 0.25) is 11.8 Å². The molecule has 0 spiro atoms. The van der Waals surface area contributed by atoms with Crippen molar-refractivity contribution < 1.29 is 9.59 Å². The zero-order valence-corrected chi connectivity index (χ0v) is 9.12. The van der Waals surface area contributed by atoms with Gasteiger partial charge in [-0.2, -0.15) is 0 Å². The summed E-state index contributed by atoms with van der Waals surface area (Å²) in [5, 5.41) is 2.68. The molecule has 0 aliphatic carbocycles. The van der Waals surface area contributed by atoms with Crippen molar-refractivity contribution >= 4 is 11.8 Å². The van der Waals surface area contributed by atoms with Crippen LogP contribution >= 0.6 is 0 Å². The summed E-state index contributed by atoms with van der Waals surface area (Å²) in [6.07, 6.45) is 6.78. The number of carbonyl (C=O) groups is 2. The van der Waals surface area contributed by atoms with E-state index in [2.05, 4.69) is 11.2 Å². The molecule has 2 unspecified atom stereocenters. The van der Waals surface area contributed by atoms with Crippen LogP contribution < -0.4 is 5.32 Å². The van der Waals surface area contributed by atoms with E-state index in [1.54, 1.807) is 6.92 Å². The minimum Gasteiger partial charge on any atom is -0.343 e. The van der Waals surface area contributed by atoms with Crippen molar-refractivity contribution in [1.82, 2.24) is 10.2 Å². The standard InChI is InChI=1S/C11H16N2O2/c1-4-6-9-11(15)13(8(3)5-2)7-10(14)12-9/h2,8-9H,4,6-7H2,1,3H3,(H,12,14). The Morgan fingerprint density at radius 3 is 2.87 bits per heavy atom. The fourth-order valence-electron chi connectivity index (χ4n) is 1.64. The summed E-state index contributed by atoms with van der Waals surface area (Å²) in [6.45, 7) is 3.80. The summed E-state index contributed by atoms with van der Waals surface area (Å²) in [5.41, 5.74) is 0. The summed E-state index contributed by atoms with van der Waals surface area (Å²) in [6, 6.07) is -0.713. The lowest BCUT2D eigenvalue weighted by Gasteiger charge is -2.34. The quantitative estimate of drug-likeness (QED) is 0.670. The van der Waals surface area contributed by atoms with Crippen LogP contribution in [0.3, 0.4) is 0 Å². The van der Waals surface area contributed by atoms with Crippen molar-refractivity contribution in [1.29, 1.82) is 0 Å². The highest BCUT2D eigenvalue weighted by atomic mass is 16.2. The third kappa shape index (κ3) is 2.50. The molecule has 1 fully saturated rings. The summed E-state index contributed by atoms with van der Waals surface area (Å²) < 4.78 is 0. The second-order valence-corrected chi connectivity index (χ2v) is 3.72. The Labute approximate surface area is 90.0 Å². The lowest BCUT2D eigenvalue weighted by molar-refractivity contribution is -0.145. The number of nitrogens with zero attached hydrogens (tertiary/aromatic N) is 1. The van der Waals surface area contributed by atoms with Gasteiger partial charge in [0.05, 0.1) is 6.04 Å². The normalized spacial score (nSPS) is 23.3. The molecule has 0 bridgehead atoms. The van der Waals surface area contributed by atoms with Gasteiger partial charge in [0.25, 0.3) is 0 Å². The Balaban J connectivity index is 2.77. The minimum absolute atomic E-state index is 0.0677. The fraction of sp³-hybridized carbons (Fsp3) is 0.636. The summed E-state index contributed by atoms with van der Waals surface area (Å²) in [4.78, 5) is 24.7. The van der Waals surface area contributed by atoms with Gasteiger partial charge in [-0.15, -0.1) is 6.42 Å². The molecule has 2 atom stereocenters. The molecule has 1 N–H and O–H groups in total. The van der Waals surface area contributed by atoms with Crippen molar-refractivity contribution in [2.75, 3.05) is 6.54 Å².